The molecule has 0 aliphatic heterocycles. The fourth-order valence-electron chi connectivity index (χ4n) is 1.58. The van der Waals surface area contributed by atoms with Crippen LogP contribution < -0.4 is 0 Å². The van der Waals surface area contributed by atoms with E-state index in [0.717, 1.165) is 16.7 Å². The first-order chi connectivity index (χ1) is 7.72. The Hall–Kier alpha value is -1.28. The van der Waals surface area contributed by atoms with Crippen molar-refractivity contribution in [2.45, 2.75) is 27.2 Å². The maximum absolute atomic E-state index is 11.1. The normalized spacial score (nSPS) is 11.3. The third-order valence-electron chi connectivity index (χ3n) is 2.68. The van der Waals surface area contributed by atoms with E-state index in [-0.39, 0.29) is 0 Å². The predicted octanol–water partition coefficient (Wildman–Crippen LogP) is 4.03. The molecule has 0 spiro atoms. The van der Waals surface area contributed by atoms with Gasteiger partial charge in [0, 0.05) is 5.02 Å². The van der Waals surface area contributed by atoms with Crippen LogP contribution >= 0.6 is 11.6 Å². The lowest BCUT2D eigenvalue weighted by atomic mass is 9.85. The second kappa shape index (κ2) is 4.92. The summed E-state index contributed by atoms with van der Waals surface area (Å²) in [7, 11) is 0. The van der Waals surface area contributed by atoms with Gasteiger partial charge in [-0.1, -0.05) is 29.8 Å². The van der Waals surface area contributed by atoms with Gasteiger partial charge in [-0.25, -0.2) is 0 Å². The summed E-state index contributed by atoms with van der Waals surface area (Å²) in [6, 6.07) is 5.58. The van der Waals surface area contributed by atoms with Crippen LogP contribution in [0.15, 0.2) is 24.8 Å². The monoisotopic (exact) mass is 252 g/mol. The van der Waals surface area contributed by atoms with E-state index in [1.54, 1.807) is 19.9 Å². The Kier molecular flexibility index (Phi) is 3.99. The largest absolute Gasteiger partial charge is 0.481 e. The van der Waals surface area contributed by atoms with E-state index in [0.29, 0.717) is 11.4 Å². The highest BCUT2D eigenvalue weighted by atomic mass is 35.5. The summed E-state index contributed by atoms with van der Waals surface area (Å²) >= 11 is 6.01. The molecule has 0 bridgehead atoms. The minimum absolute atomic E-state index is 0.448. The van der Waals surface area contributed by atoms with E-state index >= 15 is 0 Å². The van der Waals surface area contributed by atoms with Crippen molar-refractivity contribution in [2.75, 3.05) is 0 Å². The van der Waals surface area contributed by atoms with Crippen molar-refractivity contribution in [3.63, 3.8) is 0 Å². The van der Waals surface area contributed by atoms with Gasteiger partial charge in [0.2, 0.25) is 0 Å². The van der Waals surface area contributed by atoms with E-state index in [9.17, 15) is 4.79 Å². The zero-order chi connectivity index (χ0) is 13.2. The lowest BCUT2D eigenvalue weighted by Gasteiger charge is -2.19. The highest BCUT2D eigenvalue weighted by Gasteiger charge is 2.27. The van der Waals surface area contributed by atoms with Crippen LogP contribution in [-0.2, 0) is 11.2 Å². The number of aliphatic carboxylic acids is 1. The van der Waals surface area contributed by atoms with Crippen molar-refractivity contribution in [1.82, 2.24) is 0 Å². The van der Waals surface area contributed by atoms with Crippen LogP contribution in [0.1, 0.15) is 31.9 Å². The van der Waals surface area contributed by atoms with Gasteiger partial charge < -0.3 is 5.11 Å². The minimum atomic E-state index is -0.811. The van der Waals surface area contributed by atoms with E-state index in [4.69, 9.17) is 16.7 Å². The Morgan fingerprint density at radius 3 is 2.47 bits per heavy atom. The van der Waals surface area contributed by atoms with Gasteiger partial charge in [-0.2, -0.15) is 0 Å². The van der Waals surface area contributed by atoms with Crippen LogP contribution in [0.4, 0.5) is 0 Å². The molecule has 1 aromatic rings. The van der Waals surface area contributed by atoms with Gasteiger partial charge in [0.05, 0.1) is 5.41 Å². The highest BCUT2D eigenvalue weighted by Crippen LogP contribution is 2.26. The van der Waals surface area contributed by atoms with Crippen LogP contribution in [0.25, 0.3) is 5.57 Å². The number of benzene rings is 1. The molecule has 0 heterocycles. The average molecular weight is 253 g/mol. The van der Waals surface area contributed by atoms with Crippen molar-refractivity contribution in [1.29, 1.82) is 0 Å². The first kappa shape index (κ1) is 13.8. The van der Waals surface area contributed by atoms with Crippen molar-refractivity contribution < 1.29 is 9.90 Å². The summed E-state index contributed by atoms with van der Waals surface area (Å²) in [6.45, 7) is 9.17. The molecule has 0 aliphatic rings. The number of hydrogen-bond acceptors (Lipinski definition) is 1. The van der Waals surface area contributed by atoms with Crippen molar-refractivity contribution in [3.05, 3.63) is 40.9 Å². The Labute approximate surface area is 107 Å². The van der Waals surface area contributed by atoms with Gasteiger partial charge in [0.1, 0.15) is 0 Å². The molecule has 0 saturated heterocycles. The first-order valence-electron chi connectivity index (χ1n) is 5.41. The SMILES string of the molecule is C=C(C)c1cc(Cl)cc(CC(C)(C)C(=O)O)c1. The van der Waals surface area contributed by atoms with Gasteiger partial charge >= 0.3 is 5.97 Å². The van der Waals surface area contributed by atoms with E-state index < -0.39 is 11.4 Å². The lowest BCUT2D eigenvalue weighted by molar-refractivity contribution is -0.146. The van der Waals surface area contributed by atoms with Gasteiger partial charge in [-0.05, 0) is 50.5 Å². The van der Waals surface area contributed by atoms with Gasteiger partial charge in [0.15, 0.2) is 0 Å². The molecule has 1 N–H and O–H groups in total. The molecule has 2 nitrogen and oxygen atoms in total. The standard InChI is InChI=1S/C14H17ClO2/c1-9(2)11-5-10(6-12(15)7-11)8-14(3,4)13(16)17/h5-7H,1,8H2,2-4H3,(H,16,17). The van der Waals surface area contributed by atoms with Gasteiger partial charge in [-0.15, -0.1) is 0 Å². The van der Waals surface area contributed by atoms with Crippen molar-refractivity contribution in [2.24, 2.45) is 5.41 Å². The summed E-state index contributed by atoms with van der Waals surface area (Å²) in [4.78, 5) is 11.1. The molecular weight excluding hydrogens is 236 g/mol. The molecule has 0 unspecified atom stereocenters. The molecule has 3 heteroatoms. The smallest absolute Gasteiger partial charge is 0.309 e. The fourth-order valence-corrected chi connectivity index (χ4v) is 1.84. The second-order valence-electron chi connectivity index (χ2n) is 4.99. The highest BCUT2D eigenvalue weighted by molar-refractivity contribution is 6.30. The Balaban J connectivity index is 3.07. The third-order valence-corrected chi connectivity index (χ3v) is 2.89. The van der Waals surface area contributed by atoms with Crippen LogP contribution in [0.5, 0.6) is 0 Å². The van der Waals surface area contributed by atoms with Crippen LogP contribution in [0, 0.1) is 5.41 Å². The molecular formula is C14H17ClO2. The Bertz CT molecular complexity index is 461. The van der Waals surface area contributed by atoms with Crippen molar-refractivity contribution in [3.8, 4) is 0 Å². The van der Waals surface area contributed by atoms with E-state index in [2.05, 4.69) is 6.58 Å². The zero-order valence-corrected chi connectivity index (χ0v) is 11.1. The maximum Gasteiger partial charge on any atom is 0.309 e. The van der Waals surface area contributed by atoms with Gasteiger partial charge in [-0.3, -0.25) is 4.79 Å². The average Bonchev–Trinajstić information content (AvgIpc) is 2.15. The number of carboxylic acid groups (broad SMARTS) is 1. The summed E-state index contributed by atoms with van der Waals surface area (Å²) in [5.41, 5.74) is 2.00. The van der Waals surface area contributed by atoms with Crippen LogP contribution in [-0.4, -0.2) is 11.1 Å². The number of carbonyl (C=O) groups is 1. The molecule has 0 aromatic heterocycles. The first-order valence-corrected chi connectivity index (χ1v) is 5.79. The summed E-state index contributed by atoms with van der Waals surface area (Å²) < 4.78 is 0. The number of hydrogen-bond donors (Lipinski definition) is 1. The topological polar surface area (TPSA) is 37.3 Å². The number of rotatable bonds is 4. The van der Waals surface area contributed by atoms with Crippen LogP contribution in [0.3, 0.4) is 0 Å². The predicted molar refractivity (Wildman–Crippen MR) is 71.3 cm³/mol. The molecule has 0 radical (unpaired) electrons. The third kappa shape index (κ3) is 3.60. The zero-order valence-electron chi connectivity index (χ0n) is 10.4. The second-order valence-corrected chi connectivity index (χ2v) is 5.43. The summed E-state index contributed by atoms with van der Waals surface area (Å²) in [5, 5.41) is 9.71. The Morgan fingerprint density at radius 2 is 2.00 bits per heavy atom. The number of allylic oxidation sites excluding steroid dienone is 1. The molecule has 0 fully saturated rings. The van der Waals surface area contributed by atoms with Gasteiger partial charge in [0.25, 0.3) is 0 Å². The fraction of sp³-hybridized carbons (Fsp3) is 0.357. The number of halogens is 1. The molecule has 0 aliphatic carbocycles. The summed E-state index contributed by atoms with van der Waals surface area (Å²) in [5.74, 6) is -0.811. The molecule has 0 amide bonds. The van der Waals surface area contributed by atoms with Crippen molar-refractivity contribution >= 4 is 23.1 Å². The molecule has 0 saturated carbocycles. The molecule has 0 atom stereocenters. The maximum atomic E-state index is 11.1. The minimum Gasteiger partial charge on any atom is -0.481 e. The molecule has 1 rings (SSSR count). The Morgan fingerprint density at radius 1 is 1.41 bits per heavy atom. The van der Waals surface area contributed by atoms with E-state index in [1.807, 2.05) is 19.1 Å². The quantitative estimate of drug-likeness (QED) is 0.879. The van der Waals surface area contributed by atoms with E-state index in [1.165, 1.54) is 0 Å². The molecule has 17 heavy (non-hydrogen) atoms. The number of carboxylic acids is 1. The summed E-state index contributed by atoms with van der Waals surface area (Å²) in [6.07, 6.45) is 0.448. The van der Waals surface area contributed by atoms with Crippen LogP contribution in [0.2, 0.25) is 5.02 Å². The lowest BCUT2D eigenvalue weighted by Crippen LogP contribution is -2.26. The molecule has 1 aromatic carbocycles. The molecule has 92 valence electrons.